The summed E-state index contributed by atoms with van der Waals surface area (Å²) in [5, 5.41) is 14.4. The predicted octanol–water partition coefficient (Wildman–Crippen LogP) is 7.49. The van der Waals surface area contributed by atoms with Crippen LogP contribution in [-0.4, -0.2) is 51.6 Å². The largest absolute Gasteiger partial charge is 0.504 e. The third-order valence-electron chi connectivity index (χ3n) is 10.5. The molecule has 0 spiro atoms. The molecule has 2 aromatic rings. The predicted molar refractivity (Wildman–Crippen MR) is 188 cm³/mol. The molecule has 246 valence electrons. The second-order valence-corrected chi connectivity index (χ2v) is 15.7. The highest BCUT2D eigenvalue weighted by molar-refractivity contribution is 8.76. The molecule has 1 aromatic heterocycles. The number of carbonyl (C=O) groups is 2. The summed E-state index contributed by atoms with van der Waals surface area (Å²) < 4.78 is 5.46. The number of pyridine rings is 1. The normalized spacial score (nSPS) is 25.3. The van der Waals surface area contributed by atoms with Gasteiger partial charge in [-0.2, -0.15) is 0 Å². The van der Waals surface area contributed by atoms with Crippen molar-refractivity contribution in [2.24, 2.45) is 5.92 Å². The number of Topliss-reactive ketones (excluding diaryl/α,β-unsaturated/α-hetero) is 2. The van der Waals surface area contributed by atoms with Crippen molar-refractivity contribution in [3.63, 3.8) is 0 Å². The van der Waals surface area contributed by atoms with Crippen molar-refractivity contribution in [2.75, 3.05) is 25.3 Å². The summed E-state index contributed by atoms with van der Waals surface area (Å²) in [5.74, 6) is 2.03. The zero-order chi connectivity index (χ0) is 32.3. The molecule has 2 aliphatic heterocycles. The minimum absolute atomic E-state index is 0.00612. The van der Waals surface area contributed by atoms with Gasteiger partial charge in [-0.1, -0.05) is 54.2 Å². The van der Waals surface area contributed by atoms with Gasteiger partial charge in [-0.25, -0.2) is 4.98 Å². The third kappa shape index (κ3) is 6.65. The standard InChI is InChI=1S/C36H46N4O4S2/c1-3-23-7-9-27(41)18-31(42)24-8-10-28(29-19-32(43)33(44-2)17-25(29)15-24)26-16-30(35(37)39-20-26)34(46-45-21-23)36(11-5-4-6-12-36)40-14-13-38-22-40/h13-17,19-20,23,28,34,38,43H,3-12,18,21-22H2,1-2H3,(H2,37,39). The number of methoxy groups -OCH3 is 1. The van der Waals surface area contributed by atoms with Gasteiger partial charge in [0.15, 0.2) is 17.3 Å². The number of anilines is 1. The van der Waals surface area contributed by atoms with Gasteiger partial charge in [0.1, 0.15) is 11.6 Å². The number of carbonyl (C=O) groups excluding carboxylic acids is 2. The van der Waals surface area contributed by atoms with Crippen LogP contribution in [0.25, 0.3) is 6.08 Å². The van der Waals surface area contributed by atoms with Crippen LogP contribution in [0.5, 0.6) is 11.5 Å². The maximum Gasteiger partial charge on any atom is 0.166 e. The lowest BCUT2D eigenvalue weighted by Gasteiger charge is -2.49. The van der Waals surface area contributed by atoms with Gasteiger partial charge in [0.2, 0.25) is 0 Å². The first-order chi connectivity index (χ1) is 22.3. The summed E-state index contributed by atoms with van der Waals surface area (Å²) in [5.41, 5.74) is 11.1. The van der Waals surface area contributed by atoms with Crippen LogP contribution in [0, 0.1) is 5.92 Å². The number of aromatic hydroxyl groups is 1. The molecule has 1 fully saturated rings. The monoisotopic (exact) mass is 662 g/mol. The molecule has 3 unspecified atom stereocenters. The number of phenols is 1. The van der Waals surface area contributed by atoms with Crippen molar-refractivity contribution in [1.29, 1.82) is 0 Å². The van der Waals surface area contributed by atoms with Crippen LogP contribution in [-0.2, 0) is 9.59 Å². The molecule has 0 radical (unpaired) electrons. The molecular weight excluding hydrogens is 617 g/mol. The average molecular weight is 663 g/mol. The molecule has 0 saturated heterocycles. The van der Waals surface area contributed by atoms with Crippen LogP contribution < -0.4 is 15.8 Å². The molecule has 4 N–H and O–H groups in total. The fourth-order valence-electron chi connectivity index (χ4n) is 7.68. The maximum atomic E-state index is 13.5. The molecule has 8 nitrogen and oxygen atoms in total. The highest BCUT2D eigenvalue weighted by Crippen LogP contribution is 2.55. The third-order valence-corrected chi connectivity index (χ3v) is 13.5. The molecule has 1 saturated carbocycles. The van der Waals surface area contributed by atoms with Crippen molar-refractivity contribution < 1.29 is 19.4 Å². The second-order valence-electron chi connectivity index (χ2n) is 13.2. The minimum atomic E-state index is -0.134. The Labute approximate surface area is 280 Å². The molecule has 1 aromatic carbocycles. The summed E-state index contributed by atoms with van der Waals surface area (Å²) in [6.45, 7) is 2.96. The number of hydrogen-bond donors (Lipinski definition) is 3. The first-order valence-electron chi connectivity index (χ1n) is 16.7. The van der Waals surface area contributed by atoms with Crippen LogP contribution in [0.15, 0.2) is 42.4 Å². The van der Waals surface area contributed by atoms with Crippen molar-refractivity contribution >= 4 is 45.0 Å². The van der Waals surface area contributed by atoms with Gasteiger partial charge < -0.3 is 25.8 Å². The summed E-state index contributed by atoms with van der Waals surface area (Å²) >= 11 is 0. The van der Waals surface area contributed by atoms with Crippen molar-refractivity contribution in [2.45, 2.75) is 94.3 Å². The summed E-state index contributed by atoms with van der Waals surface area (Å²) in [7, 11) is 5.32. The first kappa shape index (κ1) is 32.8. The van der Waals surface area contributed by atoms with Crippen LogP contribution in [0.3, 0.4) is 0 Å². The number of hydrogen-bond acceptors (Lipinski definition) is 10. The van der Waals surface area contributed by atoms with Gasteiger partial charge in [0.25, 0.3) is 0 Å². The Kier molecular flexibility index (Phi) is 10.2. The maximum absolute atomic E-state index is 13.5. The molecular formula is C36H46N4O4S2. The van der Waals surface area contributed by atoms with E-state index in [1.165, 1.54) is 26.4 Å². The number of benzene rings is 1. The Bertz CT molecular complexity index is 1520. The van der Waals surface area contributed by atoms with E-state index in [9.17, 15) is 14.7 Å². The van der Waals surface area contributed by atoms with E-state index >= 15 is 0 Å². The SMILES string of the molecule is CCC1CCC(=O)CC(=O)C2=Cc3cc(OC)c(O)cc3C(CC2)c2cnc(N)c(c2)C(C2(N3C=CNC3)CCCCC2)SSC1. The number of aromatic nitrogens is 1. The summed E-state index contributed by atoms with van der Waals surface area (Å²) in [6, 6.07) is 5.82. The van der Waals surface area contributed by atoms with Crippen LogP contribution in [0.4, 0.5) is 5.82 Å². The minimum Gasteiger partial charge on any atom is -0.504 e. The van der Waals surface area contributed by atoms with Gasteiger partial charge in [-0.3, -0.25) is 9.59 Å². The molecule has 0 amide bonds. The number of nitrogen functional groups attached to an aromatic ring is 1. The van der Waals surface area contributed by atoms with E-state index in [0.717, 1.165) is 60.4 Å². The second kappa shape index (κ2) is 14.3. The van der Waals surface area contributed by atoms with E-state index < -0.39 is 0 Å². The number of allylic oxidation sites excluding steroid dienone is 1. The van der Waals surface area contributed by atoms with Gasteiger partial charge in [-0.15, -0.1) is 0 Å². The highest BCUT2D eigenvalue weighted by atomic mass is 33.1. The molecule has 3 heterocycles. The lowest BCUT2D eigenvalue weighted by molar-refractivity contribution is -0.125. The lowest BCUT2D eigenvalue weighted by atomic mass is 9.75. The number of ether oxygens (including phenoxy) is 1. The quantitative estimate of drug-likeness (QED) is 0.224. The number of nitrogens with one attached hydrogen (secondary N) is 1. The zero-order valence-corrected chi connectivity index (χ0v) is 28.6. The van der Waals surface area contributed by atoms with E-state index in [0.29, 0.717) is 42.3 Å². The molecule has 10 heteroatoms. The molecule has 6 rings (SSSR count). The van der Waals surface area contributed by atoms with E-state index in [4.69, 9.17) is 15.5 Å². The highest BCUT2D eigenvalue weighted by Gasteiger charge is 2.47. The Balaban J connectivity index is 1.50. The van der Waals surface area contributed by atoms with Gasteiger partial charge in [0, 0.05) is 42.3 Å². The Morgan fingerprint density at radius 2 is 1.96 bits per heavy atom. The first-order valence-corrected chi connectivity index (χ1v) is 19.1. The van der Waals surface area contributed by atoms with E-state index in [-0.39, 0.29) is 40.4 Å². The fraction of sp³-hybridized carbons (Fsp3) is 0.528. The van der Waals surface area contributed by atoms with Crippen LogP contribution >= 0.6 is 21.6 Å². The van der Waals surface area contributed by atoms with Gasteiger partial charge >= 0.3 is 0 Å². The van der Waals surface area contributed by atoms with Crippen molar-refractivity contribution in [3.05, 3.63) is 64.6 Å². The Morgan fingerprint density at radius 1 is 1.13 bits per heavy atom. The number of rotatable bonds is 4. The zero-order valence-electron chi connectivity index (χ0n) is 26.9. The van der Waals surface area contributed by atoms with Gasteiger partial charge in [-0.05, 0) is 84.6 Å². The van der Waals surface area contributed by atoms with Crippen molar-refractivity contribution in [1.82, 2.24) is 15.2 Å². The van der Waals surface area contributed by atoms with Gasteiger partial charge in [0.05, 0.1) is 31.0 Å². The average Bonchev–Trinajstić information content (AvgIpc) is 3.55. The Morgan fingerprint density at radius 3 is 2.70 bits per heavy atom. The van der Waals surface area contributed by atoms with E-state index in [2.05, 4.69) is 29.4 Å². The molecule has 46 heavy (non-hydrogen) atoms. The molecule has 3 atom stereocenters. The van der Waals surface area contributed by atoms with Crippen LogP contribution in [0.2, 0.25) is 0 Å². The number of ketones is 2. The molecule has 4 bridgehead atoms. The smallest absolute Gasteiger partial charge is 0.166 e. The number of phenolic OH excluding ortho intramolecular Hbond substituents is 1. The van der Waals surface area contributed by atoms with Crippen molar-refractivity contribution in [3.8, 4) is 11.5 Å². The number of nitrogens with zero attached hydrogens (tertiary/aromatic N) is 2. The van der Waals surface area contributed by atoms with E-state index in [1.54, 1.807) is 12.1 Å². The molecule has 2 aliphatic carbocycles. The topological polar surface area (TPSA) is 118 Å². The lowest BCUT2D eigenvalue weighted by Crippen LogP contribution is -2.51. The molecule has 4 aliphatic rings. The fourth-order valence-corrected chi connectivity index (χ4v) is 11.4. The van der Waals surface area contributed by atoms with Crippen LogP contribution in [0.1, 0.15) is 111 Å². The summed E-state index contributed by atoms with van der Waals surface area (Å²) in [6.07, 6.45) is 17.0. The summed E-state index contributed by atoms with van der Waals surface area (Å²) in [4.78, 5) is 34.0. The number of nitrogens with two attached hydrogens (primary N) is 1. The number of fused-ring (bicyclic) bond motifs is 8. The van der Waals surface area contributed by atoms with E-state index in [1.807, 2.05) is 40.1 Å². The Hall–Kier alpha value is -3.11.